The van der Waals surface area contributed by atoms with Crippen LogP contribution in [0, 0.1) is 5.41 Å². The number of rotatable bonds is 2. The lowest BCUT2D eigenvalue weighted by molar-refractivity contribution is -0.123. The van der Waals surface area contributed by atoms with Crippen LogP contribution in [-0.4, -0.2) is 59.8 Å². The maximum atomic E-state index is 12.7. The van der Waals surface area contributed by atoms with Crippen molar-refractivity contribution in [1.82, 2.24) is 14.8 Å². The molecule has 6 nitrogen and oxygen atoms in total. The Hall–Kier alpha value is -1.99. The van der Waals surface area contributed by atoms with E-state index in [-0.39, 0.29) is 11.8 Å². The zero-order valence-electron chi connectivity index (χ0n) is 15.1. The fourth-order valence-corrected chi connectivity index (χ4v) is 3.49. The molecule has 134 valence electrons. The van der Waals surface area contributed by atoms with Gasteiger partial charge in [0.05, 0.1) is 10.2 Å². The average molecular weight is 360 g/mol. The van der Waals surface area contributed by atoms with E-state index in [1.807, 2.05) is 43.9 Å². The molecule has 0 radical (unpaired) electrons. The summed E-state index contributed by atoms with van der Waals surface area (Å²) in [6.45, 7) is 8.90. The second-order valence-corrected chi connectivity index (χ2v) is 8.53. The lowest BCUT2D eigenvalue weighted by Crippen LogP contribution is -2.47. The summed E-state index contributed by atoms with van der Waals surface area (Å²) in [5.41, 5.74) is 0.999. The van der Waals surface area contributed by atoms with Gasteiger partial charge in [0.1, 0.15) is 0 Å². The Balaban J connectivity index is 1.78. The van der Waals surface area contributed by atoms with E-state index >= 15 is 0 Å². The first-order valence-corrected chi connectivity index (χ1v) is 9.25. The average Bonchev–Trinajstić information content (AvgIpc) is 2.95. The number of fused-ring (bicyclic) bond motifs is 1. The zero-order chi connectivity index (χ0) is 18.2. The Bertz CT molecular complexity index is 801. The summed E-state index contributed by atoms with van der Waals surface area (Å²) in [6.07, 6.45) is 0. The molecule has 1 aromatic heterocycles. The van der Waals surface area contributed by atoms with Crippen LogP contribution >= 0.6 is 11.3 Å². The Labute approximate surface area is 151 Å². The lowest BCUT2D eigenvalue weighted by Gasteiger charge is -2.32. The number of amides is 2. The maximum absolute atomic E-state index is 12.7. The minimum absolute atomic E-state index is 0.0590. The van der Waals surface area contributed by atoms with Crippen LogP contribution < -0.4 is 5.32 Å². The summed E-state index contributed by atoms with van der Waals surface area (Å²) in [6, 6.07) is 5.54. The second kappa shape index (κ2) is 6.72. The van der Waals surface area contributed by atoms with Gasteiger partial charge in [-0.1, -0.05) is 32.1 Å². The van der Waals surface area contributed by atoms with Gasteiger partial charge in [-0.25, -0.2) is 4.98 Å². The molecule has 2 amide bonds. The first kappa shape index (κ1) is 17.8. The van der Waals surface area contributed by atoms with Crippen LogP contribution in [-0.2, 0) is 4.79 Å². The number of piperazine rings is 1. The number of hydrogen-bond donors (Lipinski definition) is 1. The summed E-state index contributed by atoms with van der Waals surface area (Å²) in [5.74, 6) is -0.0102. The van der Waals surface area contributed by atoms with E-state index in [2.05, 4.69) is 22.2 Å². The molecule has 0 unspecified atom stereocenters. The van der Waals surface area contributed by atoms with E-state index in [1.54, 1.807) is 0 Å². The van der Waals surface area contributed by atoms with Crippen LogP contribution in [0.2, 0.25) is 0 Å². The maximum Gasteiger partial charge on any atom is 0.253 e. The second-order valence-electron chi connectivity index (χ2n) is 7.50. The van der Waals surface area contributed by atoms with Crippen molar-refractivity contribution in [3.05, 3.63) is 23.8 Å². The number of carbonyl (C=O) groups excluding carboxylic acids is 2. The van der Waals surface area contributed by atoms with Crippen LogP contribution in [0.15, 0.2) is 18.2 Å². The Morgan fingerprint density at radius 3 is 2.48 bits per heavy atom. The van der Waals surface area contributed by atoms with Gasteiger partial charge in [0, 0.05) is 37.2 Å². The Kier molecular flexibility index (Phi) is 4.79. The number of thiazole rings is 1. The molecule has 1 saturated heterocycles. The summed E-state index contributed by atoms with van der Waals surface area (Å²) < 4.78 is 0.907. The molecule has 1 aliphatic rings. The summed E-state index contributed by atoms with van der Waals surface area (Å²) in [5, 5.41) is 3.42. The lowest BCUT2D eigenvalue weighted by atomic mass is 9.96. The third kappa shape index (κ3) is 3.99. The Morgan fingerprint density at radius 2 is 1.84 bits per heavy atom. The van der Waals surface area contributed by atoms with Crippen LogP contribution in [0.4, 0.5) is 5.13 Å². The number of likely N-dealkylation sites (N-methyl/N-ethyl adjacent to an activating group) is 1. The molecule has 25 heavy (non-hydrogen) atoms. The minimum atomic E-state index is -0.472. The molecule has 1 fully saturated rings. The third-order valence-corrected chi connectivity index (χ3v) is 5.26. The minimum Gasteiger partial charge on any atom is -0.336 e. The first-order valence-electron chi connectivity index (χ1n) is 8.44. The number of anilines is 1. The van der Waals surface area contributed by atoms with Crippen LogP contribution in [0.25, 0.3) is 10.2 Å². The molecule has 0 spiro atoms. The summed E-state index contributed by atoms with van der Waals surface area (Å²) in [4.78, 5) is 33.4. The number of aromatic nitrogens is 1. The number of nitrogens with zero attached hydrogens (tertiary/aromatic N) is 3. The van der Waals surface area contributed by atoms with Crippen molar-refractivity contribution < 1.29 is 9.59 Å². The quantitative estimate of drug-likeness (QED) is 0.894. The van der Waals surface area contributed by atoms with Crippen molar-refractivity contribution in [2.24, 2.45) is 5.41 Å². The highest BCUT2D eigenvalue weighted by Gasteiger charge is 2.23. The van der Waals surface area contributed by atoms with Gasteiger partial charge in [-0.3, -0.25) is 9.59 Å². The molecule has 1 aromatic carbocycles. The molecule has 7 heteroatoms. The standard InChI is InChI=1S/C18H24N4O2S/c1-18(2,3)16(24)20-17-19-13-6-5-12(11-14(13)25-17)15(23)22-9-7-21(4)8-10-22/h5-6,11H,7-10H2,1-4H3,(H,19,20,24). The van der Waals surface area contributed by atoms with Crippen molar-refractivity contribution in [3.8, 4) is 0 Å². The van der Waals surface area contributed by atoms with Gasteiger partial charge in [0.15, 0.2) is 5.13 Å². The van der Waals surface area contributed by atoms with Crippen LogP contribution in [0.5, 0.6) is 0 Å². The number of benzene rings is 1. The van der Waals surface area contributed by atoms with Crippen LogP contribution in [0.1, 0.15) is 31.1 Å². The highest BCUT2D eigenvalue weighted by atomic mass is 32.1. The number of hydrogen-bond acceptors (Lipinski definition) is 5. The largest absolute Gasteiger partial charge is 0.336 e. The molecule has 2 heterocycles. The van der Waals surface area contributed by atoms with E-state index in [0.717, 1.165) is 36.4 Å². The van der Waals surface area contributed by atoms with Crippen molar-refractivity contribution in [2.45, 2.75) is 20.8 Å². The molecule has 3 rings (SSSR count). The molecule has 0 atom stereocenters. The molecule has 0 saturated carbocycles. The highest BCUT2D eigenvalue weighted by molar-refractivity contribution is 7.22. The molecular formula is C18H24N4O2S. The molecule has 1 aliphatic heterocycles. The number of carbonyl (C=O) groups is 2. The topological polar surface area (TPSA) is 65.5 Å². The smallest absolute Gasteiger partial charge is 0.253 e. The first-order chi connectivity index (χ1) is 11.7. The van der Waals surface area contributed by atoms with Crippen LogP contribution in [0.3, 0.4) is 0 Å². The van der Waals surface area contributed by atoms with Crippen molar-refractivity contribution >= 4 is 38.5 Å². The zero-order valence-corrected chi connectivity index (χ0v) is 15.9. The summed E-state index contributed by atoms with van der Waals surface area (Å²) >= 11 is 1.40. The van der Waals surface area contributed by atoms with Gasteiger partial charge in [-0.05, 0) is 25.2 Å². The fourth-order valence-electron chi connectivity index (χ4n) is 2.59. The molecule has 1 N–H and O–H groups in total. The normalized spacial score (nSPS) is 16.2. The van der Waals surface area contributed by atoms with Gasteiger partial charge < -0.3 is 15.1 Å². The van der Waals surface area contributed by atoms with E-state index in [9.17, 15) is 9.59 Å². The van der Waals surface area contributed by atoms with E-state index in [0.29, 0.717) is 10.7 Å². The van der Waals surface area contributed by atoms with Gasteiger partial charge in [0.2, 0.25) is 5.91 Å². The predicted molar refractivity (Wildman–Crippen MR) is 101 cm³/mol. The van der Waals surface area contributed by atoms with Gasteiger partial charge in [-0.2, -0.15) is 0 Å². The van der Waals surface area contributed by atoms with Crippen molar-refractivity contribution in [2.75, 3.05) is 38.5 Å². The number of nitrogens with one attached hydrogen (secondary N) is 1. The van der Waals surface area contributed by atoms with Crippen molar-refractivity contribution in [3.63, 3.8) is 0 Å². The van der Waals surface area contributed by atoms with E-state index < -0.39 is 5.41 Å². The molecule has 0 bridgehead atoms. The molecular weight excluding hydrogens is 336 g/mol. The SMILES string of the molecule is CN1CCN(C(=O)c2ccc3nc(NC(=O)C(C)(C)C)sc3c2)CC1. The fraction of sp³-hybridized carbons (Fsp3) is 0.500. The van der Waals surface area contributed by atoms with Gasteiger partial charge in [-0.15, -0.1) is 0 Å². The van der Waals surface area contributed by atoms with Gasteiger partial charge >= 0.3 is 0 Å². The third-order valence-electron chi connectivity index (χ3n) is 4.33. The predicted octanol–water partition coefficient (Wildman–Crippen LogP) is 2.67. The Morgan fingerprint density at radius 1 is 1.16 bits per heavy atom. The van der Waals surface area contributed by atoms with Gasteiger partial charge in [0.25, 0.3) is 5.91 Å². The monoisotopic (exact) mass is 360 g/mol. The molecule has 2 aromatic rings. The van der Waals surface area contributed by atoms with E-state index in [4.69, 9.17) is 0 Å². The summed E-state index contributed by atoms with van der Waals surface area (Å²) in [7, 11) is 2.07. The molecule has 0 aliphatic carbocycles. The highest BCUT2D eigenvalue weighted by Crippen LogP contribution is 2.28. The van der Waals surface area contributed by atoms with Crippen molar-refractivity contribution in [1.29, 1.82) is 0 Å². The van der Waals surface area contributed by atoms with E-state index in [1.165, 1.54) is 11.3 Å².